The van der Waals surface area contributed by atoms with Gasteiger partial charge in [-0.2, -0.15) is 0 Å². The lowest BCUT2D eigenvalue weighted by atomic mass is 9.88. The largest absolute Gasteiger partial charge is 0.395 e. The van der Waals surface area contributed by atoms with E-state index in [0.717, 1.165) is 23.9 Å². The zero-order valence-corrected chi connectivity index (χ0v) is 21.6. The highest BCUT2D eigenvalue weighted by Gasteiger charge is 2.26. The van der Waals surface area contributed by atoms with E-state index >= 15 is 0 Å². The van der Waals surface area contributed by atoms with Crippen molar-refractivity contribution >= 4 is 64.6 Å². The predicted octanol–water partition coefficient (Wildman–Crippen LogP) is 5.22. The average Bonchev–Trinajstić information content (AvgIpc) is 2.64. The highest BCUT2D eigenvalue weighted by molar-refractivity contribution is 14.1. The molecule has 0 heterocycles. The van der Waals surface area contributed by atoms with Crippen molar-refractivity contribution in [3.05, 3.63) is 60.7 Å². The van der Waals surface area contributed by atoms with Crippen LogP contribution in [0.15, 0.2) is 60.7 Å². The molecular weight excluding hydrogens is 578 g/mol. The summed E-state index contributed by atoms with van der Waals surface area (Å²) in [7, 11) is -1.27. The molecule has 2 aromatic carbocycles. The highest BCUT2D eigenvalue weighted by atomic mass is 127. The Bertz CT molecular complexity index is 607. The Balaban J connectivity index is 2.11. The molecule has 2 aromatic rings. The summed E-state index contributed by atoms with van der Waals surface area (Å²) in [6, 6.07) is 21.3. The lowest BCUT2D eigenvalue weighted by Crippen LogP contribution is -2.46. The van der Waals surface area contributed by atoms with Crippen molar-refractivity contribution in [3.63, 3.8) is 0 Å². The molecule has 0 aliphatic carbocycles. The summed E-state index contributed by atoms with van der Waals surface area (Å²) in [6.45, 7) is 7.64. The molecule has 27 heavy (non-hydrogen) atoms. The molecular formula is C22H29I2O2Si. The van der Waals surface area contributed by atoms with Gasteiger partial charge in [0, 0.05) is 10.8 Å². The summed E-state index contributed by atoms with van der Waals surface area (Å²) in [4.78, 5) is 0. The van der Waals surface area contributed by atoms with Gasteiger partial charge < -0.3 is 9.16 Å². The number of hydrogen-bond acceptors (Lipinski definition) is 2. The van der Waals surface area contributed by atoms with Crippen molar-refractivity contribution in [1.29, 1.82) is 0 Å². The maximum absolute atomic E-state index is 6.65. The fourth-order valence-corrected chi connectivity index (χ4v) is 6.50. The van der Waals surface area contributed by atoms with Crippen molar-refractivity contribution in [2.75, 3.05) is 11.0 Å². The third kappa shape index (κ3) is 8.93. The van der Waals surface area contributed by atoms with E-state index in [1.807, 2.05) is 0 Å². The van der Waals surface area contributed by atoms with Crippen molar-refractivity contribution in [2.24, 2.45) is 5.41 Å². The normalized spacial score (nSPS) is 14.3. The molecule has 147 valence electrons. The van der Waals surface area contributed by atoms with Crippen LogP contribution in [0.5, 0.6) is 0 Å². The summed E-state index contributed by atoms with van der Waals surface area (Å²) >= 11 is 4.82. The smallest absolute Gasteiger partial charge is 0.283 e. The topological polar surface area (TPSA) is 18.5 Å². The fraction of sp³-hybridized carbons (Fsp3) is 0.455. The van der Waals surface area contributed by atoms with E-state index in [-0.39, 0.29) is 15.6 Å². The van der Waals surface area contributed by atoms with Crippen LogP contribution in [0.3, 0.4) is 0 Å². The molecule has 2 atom stereocenters. The van der Waals surface area contributed by atoms with E-state index in [4.69, 9.17) is 9.16 Å². The van der Waals surface area contributed by atoms with Gasteiger partial charge in [-0.05, 0) is 22.2 Å². The molecule has 0 spiro atoms. The maximum Gasteiger partial charge on any atom is 0.283 e. The van der Waals surface area contributed by atoms with Crippen LogP contribution in [-0.4, -0.2) is 30.3 Å². The first-order valence-electron chi connectivity index (χ1n) is 9.35. The molecule has 0 aromatic heterocycles. The van der Waals surface area contributed by atoms with Crippen LogP contribution >= 0.6 is 45.2 Å². The molecule has 0 N–H and O–H groups in total. The standard InChI is InChI=1S/C22H29I2O2Si/c1-22(2,3)17-18(25-15-14-23)16-21(24)26-27(19-10-6-4-7-11-19)20-12-8-5-9-13-20/h4-13,18,21H,14-17H2,1-3H3/t18?,21-/m0/s1. The molecule has 0 fully saturated rings. The minimum atomic E-state index is -1.27. The van der Waals surface area contributed by atoms with Crippen LogP contribution in [0.4, 0.5) is 0 Å². The monoisotopic (exact) mass is 607 g/mol. The number of halogens is 2. The third-order valence-corrected chi connectivity index (χ3v) is 7.96. The Morgan fingerprint density at radius 3 is 1.89 bits per heavy atom. The van der Waals surface area contributed by atoms with E-state index in [1.54, 1.807) is 0 Å². The summed E-state index contributed by atoms with van der Waals surface area (Å²) in [6.07, 6.45) is 2.20. The Morgan fingerprint density at radius 1 is 0.926 bits per heavy atom. The zero-order valence-electron chi connectivity index (χ0n) is 16.3. The van der Waals surface area contributed by atoms with Crippen LogP contribution in [-0.2, 0) is 9.16 Å². The molecule has 1 unspecified atom stereocenters. The molecule has 0 saturated carbocycles. The van der Waals surface area contributed by atoms with E-state index in [1.165, 1.54) is 10.4 Å². The summed E-state index contributed by atoms with van der Waals surface area (Å²) in [5.74, 6) is 0. The Morgan fingerprint density at radius 2 is 1.44 bits per heavy atom. The molecule has 5 heteroatoms. The van der Waals surface area contributed by atoms with E-state index in [2.05, 4.69) is 127 Å². The van der Waals surface area contributed by atoms with Gasteiger partial charge in [-0.25, -0.2) is 0 Å². The minimum absolute atomic E-state index is 0.124. The predicted molar refractivity (Wildman–Crippen MR) is 134 cm³/mol. The summed E-state index contributed by atoms with van der Waals surface area (Å²) in [5.41, 5.74) is 0.249. The molecule has 0 amide bonds. The van der Waals surface area contributed by atoms with E-state index < -0.39 is 9.04 Å². The third-order valence-electron chi connectivity index (χ3n) is 4.04. The zero-order chi connectivity index (χ0) is 19.7. The van der Waals surface area contributed by atoms with Gasteiger partial charge >= 0.3 is 0 Å². The van der Waals surface area contributed by atoms with E-state index in [9.17, 15) is 0 Å². The Hall–Kier alpha value is 0.0369. The van der Waals surface area contributed by atoms with Crippen LogP contribution in [0, 0.1) is 5.41 Å². The van der Waals surface area contributed by atoms with Crippen LogP contribution in [0.2, 0.25) is 0 Å². The lowest BCUT2D eigenvalue weighted by molar-refractivity contribution is 0.0201. The lowest BCUT2D eigenvalue weighted by Gasteiger charge is -2.29. The molecule has 0 saturated heterocycles. The van der Waals surface area contributed by atoms with Crippen LogP contribution in [0.25, 0.3) is 0 Å². The van der Waals surface area contributed by atoms with Crippen molar-refractivity contribution < 1.29 is 9.16 Å². The maximum atomic E-state index is 6.65. The quantitative estimate of drug-likeness (QED) is 0.210. The number of alkyl halides is 2. The van der Waals surface area contributed by atoms with Gasteiger partial charge in [-0.1, -0.05) is 127 Å². The summed E-state index contributed by atoms with van der Waals surface area (Å²) < 4.78 is 13.9. The number of ether oxygens (including phenoxy) is 1. The number of hydrogen-bond donors (Lipinski definition) is 0. The highest BCUT2D eigenvalue weighted by Crippen LogP contribution is 2.27. The van der Waals surface area contributed by atoms with Gasteiger partial charge in [0.2, 0.25) is 0 Å². The second-order valence-corrected chi connectivity index (χ2v) is 12.3. The number of rotatable bonds is 10. The van der Waals surface area contributed by atoms with Gasteiger partial charge in [0.15, 0.2) is 0 Å². The van der Waals surface area contributed by atoms with Crippen molar-refractivity contribution in [2.45, 2.75) is 43.8 Å². The van der Waals surface area contributed by atoms with Gasteiger partial charge in [0.1, 0.15) is 4.11 Å². The summed E-state index contributed by atoms with van der Waals surface area (Å²) in [5, 5.41) is 2.58. The first-order valence-corrected chi connectivity index (χ1v) is 13.5. The van der Waals surface area contributed by atoms with Gasteiger partial charge in [-0.15, -0.1) is 0 Å². The molecule has 1 radical (unpaired) electrons. The van der Waals surface area contributed by atoms with Gasteiger partial charge in [-0.3, -0.25) is 0 Å². The molecule has 2 rings (SSSR count). The molecule has 0 aliphatic heterocycles. The van der Waals surface area contributed by atoms with Gasteiger partial charge in [0.05, 0.1) is 12.7 Å². The Kier molecular flexibility index (Phi) is 10.3. The van der Waals surface area contributed by atoms with Crippen molar-refractivity contribution in [3.8, 4) is 0 Å². The first kappa shape index (κ1) is 23.3. The molecule has 0 aliphatic rings. The van der Waals surface area contributed by atoms with Gasteiger partial charge in [0.25, 0.3) is 9.04 Å². The van der Waals surface area contributed by atoms with Crippen LogP contribution in [0.1, 0.15) is 33.6 Å². The molecule has 2 nitrogen and oxygen atoms in total. The second kappa shape index (κ2) is 11.9. The second-order valence-electron chi connectivity index (χ2n) is 7.77. The first-order chi connectivity index (χ1) is 12.9. The minimum Gasteiger partial charge on any atom is -0.395 e. The number of benzene rings is 2. The van der Waals surface area contributed by atoms with E-state index in [0.29, 0.717) is 0 Å². The Labute approximate surface area is 193 Å². The fourth-order valence-electron chi connectivity index (χ4n) is 2.97. The SMILES string of the molecule is CC(C)(C)CC(C[C@@H](I)O[Si](c1ccccc1)c1ccccc1)OCCI. The van der Waals surface area contributed by atoms with Crippen molar-refractivity contribution in [1.82, 2.24) is 0 Å². The van der Waals surface area contributed by atoms with Crippen LogP contribution < -0.4 is 10.4 Å². The average molecular weight is 607 g/mol. The molecule has 0 bridgehead atoms.